The van der Waals surface area contributed by atoms with Gasteiger partial charge in [-0.1, -0.05) is 30.3 Å². The van der Waals surface area contributed by atoms with Crippen LogP contribution in [0, 0.1) is 0 Å². The maximum absolute atomic E-state index is 12.8. The molecule has 0 bridgehead atoms. The molecule has 1 aliphatic carbocycles. The van der Waals surface area contributed by atoms with Crippen LogP contribution in [-0.4, -0.2) is 18.7 Å². The number of rotatable bonds is 3. The van der Waals surface area contributed by atoms with E-state index in [9.17, 15) is 4.79 Å². The Morgan fingerprint density at radius 3 is 2.39 bits per heavy atom. The van der Waals surface area contributed by atoms with Crippen LogP contribution in [0.2, 0.25) is 0 Å². The Morgan fingerprint density at radius 1 is 1.00 bits per heavy atom. The first-order valence-electron chi connectivity index (χ1n) is 7.91. The highest BCUT2D eigenvalue weighted by atomic mass is 16.7. The van der Waals surface area contributed by atoms with E-state index in [-0.39, 0.29) is 5.78 Å². The first kappa shape index (κ1) is 14.1. The van der Waals surface area contributed by atoms with Crippen LogP contribution in [0.3, 0.4) is 0 Å². The Hall–Kier alpha value is -2.49. The summed E-state index contributed by atoms with van der Waals surface area (Å²) >= 11 is 0. The van der Waals surface area contributed by atoms with E-state index in [4.69, 9.17) is 14.2 Å². The molecule has 0 N–H and O–H groups in total. The van der Waals surface area contributed by atoms with Crippen LogP contribution in [0.5, 0.6) is 17.2 Å². The summed E-state index contributed by atoms with van der Waals surface area (Å²) in [5, 5.41) is 0. The molecular formula is C19H18O4. The highest BCUT2D eigenvalue weighted by molar-refractivity contribution is 6.11. The fourth-order valence-electron chi connectivity index (χ4n) is 3.34. The molecule has 1 heterocycles. The minimum atomic E-state index is -0.622. The molecule has 1 aliphatic heterocycles. The lowest BCUT2D eigenvalue weighted by Crippen LogP contribution is -2.34. The fraction of sp³-hybridized carbons (Fsp3) is 0.316. The Bertz CT molecular complexity index is 745. The number of carbonyl (C=O) groups excluding carboxylic acids is 1. The van der Waals surface area contributed by atoms with Crippen LogP contribution >= 0.6 is 0 Å². The largest absolute Gasteiger partial charge is 0.493 e. The molecule has 4 heteroatoms. The first-order chi connectivity index (χ1) is 11.2. The van der Waals surface area contributed by atoms with Crippen molar-refractivity contribution in [3.8, 4) is 17.2 Å². The van der Waals surface area contributed by atoms with Crippen LogP contribution < -0.4 is 14.2 Å². The topological polar surface area (TPSA) is 44.8 Å². The van der Waals surface area contributed by atoms with Crippen molar-refractivity contribution >= 4 is 5.78 Å². The predicted octanol–water partition coefficient (Wildman–Crippen LogP) is 3.97. The lowest BCUT2D eigenvalue weighted by atomic mass is 10.0. The van der Waals surface area contributed by atoms with Gasteiger partial charge in [-0.05, 0) is 25.0 Å². The highest BCUT2D eigenvalue weighted by Crippen LogP contribution is 2.52. The van der Waals surface area contributed by atoms with Crippen LogP contribution in [0.1, 0.15) is 41.6 Å². The molecule has 0 aromatic heterocycles. The summed E-state index contributed by atoms with van der Waals surface area (Å²) < 4.78 is 17.6. The molecule has 0 amide bonds. The number of hydrogen-bond donors (Lipinski definition) is 0. The molecule has 0 radical (unpaired) electrons. The first-order valence-corrected chi connectivity index (χ1v) is 7.91. The minimum Gasteiger partial charge on any atom is -0.493 e. The number of ketones is 1. The van der Waals surface area contributed by atoms with Crippen LogP contribution in [-0.2, 0) is 0 Å². The maximum atomic E-state index is 12.8. The van der Waals surface area contributed by atoms with Crippen molar-refractivity contribution < 1.29 is 19.0 Å². The molecular weight excluding hydrogens is 292 g/mol. The standard InChI is InChI=1S/C19H18O4/c1-21-15-10-9-14(16(20)13-7-3-2-4-8-13)17-18(15)23-19(22-17)11-5-6-12-19/h2-4,7-10H,5-6,11-12H2,1H3. The number of fused-ring (bicyclic) bond motifs is 1. The average molecular weight is 310 g/mol. The zero-order valence-electron chi connectivity index (χ0n) is 13.0. The van der Waals surface area contributed by atoms with Crippen molar-refractivity contribution in [2.24, 2.45) is 0 Å². The van der Waals surface area contributed by atoms with Gasteiger partial charge in [0.25, 0.3) is 5.79 Å². The third kappa shape index (κ3) is 2.25. The van der Waals surface area contributed by atoms with E-state index >= 15 is 0 Å². The van der Waals surface area contributed by atoms with Gasteiger partial charge in [0.1, 0.15) is 0 Å². The van der Waals surface area contributed by atoms with Gasteiger partial charge in [0, 0.05) is 18.4 Å². The summed E-state index contributed by atoms with van der Waals surface area (Å²) in [6, 6.07) is 12.7. The summed E-state index contributed by atoms with van der Waals surface area (Å²) in [6.45, 7) is 0. The molecule has 2 aromatic carbocycles. The van der Waals surface area contributed by atoms with Gasteiger partial charge in [-0.15, -0.1) is 0 Å². The van der Waals surface area contributed by atoms with Gasteiger partial charge in [-0.25, -0.2) is 0 Å². The highest BCUT2D eigenvalue weighted by Gasteiger charge is 2.46. The second-order valence-electron chi connectivity index (χ2n) is 5.99. The Balaban J connectivity index is 1.79. The number of hydrogen-bond acceptors (Lipinski definition) is 4. The zero-order chi connectivity index (χ0) is 15.9. The van der Waals surface area contributed by atoms with Crippen molar-refractivity contribution in [2.45, 2.75) is 31.5 Å². The molecule has 1 saturated carbocycles. The molecule has 0 atom stereocenters. The van der Waals surface area contributed by atoms with Crippen molar-refractivity contribution in [3.05, 3.63) is 53.6 Å². The van der Waals surface area contributed by atoms with Gasteiger partial charge in [-0.3, -0.25) is 4.79 Å². The SMILES string of the molecule is COc1ccc(C(=O)c2ccccc2)c2c1OC1(CCCC1)O2. The van der Waals surface area contributed by atoms with Crippen LogP contribution in [0.15, 0.2) is 42.5 Å². The molecule has 0 unspecified atom stereocenters. The summed E-state index contributed by atoms with van der Waals surface area (Å²) in [5.41, 5.74) is 1.16. The lowest BCUT2D eigenvalue weighted by molar-refractivity contribution is -0.0724. The molecule has 4 rings (SSSR count). The molecule has 2 aromatic rings. The summed E-state index contributed by atoms with van der Waals surface area (Å²) in [6.07, 6.45) is 3.81. The number of methoxy groups -OCH3 is 1. The number of benzene rings is 2. The fourth-order valence-corrected chi connectivity index (χ4v) is 3.34. The maximum Gasteiger partial charge on any atom is 0.251 e. The van der Waals surface area contributed by atoms with Crippen molar-refractivity contribution in [3.63, 3.8) is 0 Å². The molecule has 2 aliphatic rings. The van der Waals surface area contributed by atoms with Gasteiger partial charge in [0.05, 0.1) is 12.7 Å². The minimum absolute atomic E-state index is 0.0665. The second kappa shape index (κ2) is 5.30. The van der Waals surface area contributed by atoms with Crippen LogP contribution in [0.25, 0.3) is 0 Å². The lowest BCUT2D eigenvalue weighted by Gasteiger charge is -2.21. The summed E-state index contributed by atoms with van der Waals surface area (Å²) in [7, 11) is 1.59. The normalized spacial score (nSPS) is 17.4. The van der Waals surface area contributed by atoms with Crippen molar-refractivity contribution in [1.29, 1.82) is 0 Å². The smallest absolute Gasteiger partial charge is 0.251 e. The summed E-state index contributed by atoms with van der Waals surface area (Å²) in [5.74, 6) is 0.982. The molecule has 1 spiro atoms. The van der Waals surface area contributed by atoms with Gasteiger partial charge >= 0.3 is 0 Å². The second-order valence-corrected chi connectivity index (χ2v) is 5.99. The molecule has 118 valence electrons. The Labute approximate surface area is 135 Å². The Morgan fingerprint density at radius 2 is 1.70 bits per heavy atom. The summed E-state index contributed by atoms with van der Waals surface area (Å²) in [4.78, 5) is 12.8. The van der Waals surface area contributed by atoms with Gasteiger partial charge in [0.2, 0.25) is 5.75 Å². The predicted molar refractivity (Wildman–Crippen MR) is 85.3 cm³/mol. The molecule has 1 fully saturated rings. The van der Waals surface area contributed by atoms with Gasteiger partial charge < -0.3 is 14.2 Å². The van der Waals surface area contributed by atoms with E-state index in [1.54, 1.807) is 31.4 Å². The van der Waals surface area contributed by atoms with Crippen LogP contribution in [0.4, 0.5) is 0 Å². The quantitative estimate of drug-likeness (QED) is 0.805. The third-order valence-corrected chi connectivity index (χ3v) is 4.52. The van der Waals surface area contributed by atoms with E-state index in [0.29, 0.717) is 28.4 Å². The van der Waals surface area contributed by atoms with E-state index in [1.807, 2.05) is 18.2 Å². The molecule has 0 saturated heterocycles. The molecule has 23 heavy (non-hydrogen) atoms. The van der Waals surface area contributed by atoms with E-state index in [1.165, 1.54) is 0 Å². The Kier molecular flexibility index (Phi) is 3.26. The van der Waals surface area contributed by atoms with E-state index in [0.717, 1.165) is 25.7 Å². The zero-order valence-corrected chi connectivity index (χ0v) is 13.0. The monoisotopic (exact) mass is 310 g/mol. The van der Waals surface area contributed by atoms with Crippen molar-refractivity contribution in [2.75, 3.05) is 7.11 Å². The van der Waals surface area contributed by atoms with Gasteiger partial charge in [0.15, 0.2) is 17.3 Å². The van der Waals surface area contributed by atoms with E-state index < -0.39 is 5.79 Å². The third-order valence-electron chi connectivity index (χ3n) is 4.52. The molecule has 4 nitrogen and oxygen atoms in total. The number of ether oxygens (including phenoxy) is 3. The number of carbonyl (C=O) groups is 1. The van der Waals surface area contributed by atoms with E-state index in [2.05, 4.69) is 0 Å². The van der Waals surface area contributed by atoms with Crippen molar-refractivity contribution in [1.82, 2.24) is 0 Å². The average Bonchev–Trinajstić information content (AvgIpc) is 3.21. The van der Waals surface area contributed by atoms with Gasteiger partial charge in [-0.2, -0.15) is 0 Å².